The van der Waals surface area contributed by atoms with Gasteiger partial charge in [-0.2, -0.15) is 0 Å². The van der Waals surface area contributed by atoms with E-state index in [0.717, 1.165) is 32.4 Å². The van der Waals surface area contributed by atoms with E-state index in [2.05, 4.69) is 69.2 Å². The quantitative estimate of drug-likeness (QED) is 0.539. The van der Waals surface area contributed by atoms with Crippen molar-refractivity contribution in [2.24, 2.45) is 5.84 Å². The van der Waals surface area contributed by atoms with Crippen LogP contribution in [0.3, 0.4) is 0 Å². The second-order valence-corrected chi connectivity index (χ2v) is 5.68. The van der Waals surface area contributed by atoms with Gasteiger partial charge in [-0.3, -0.25) is 16.2 Å². The topological polar surface area (TPSA) is 41.3 Å². The van der Waals surface area contributed by atoms with Crippen molar-refractivity contribution < 1.29 is 0 Å². The molecular weight excluding hydrogens is 258 g/mol. The molecule has 1 atom stereocenters. The summed E-state index contributed by atoms with van der Waals surface area (Å²) in [6.45, 7) is 13.3. The number of nitrogens with zero attached hydrogens (tertiary/aromatic N) is 1. The van der Waals surface area contributed by atoms with Gasteiger partial charge in [0, 0.05) is 5.54 Å². The lowest BCUT2D eigenvalue weighted by Crippen LogP contribution is -2.57. The molecular formula is C18H33N3. The van der Waals surface area contributed by atoms with Crippen molar-refractivity contribution in [2.75, 3.05) is 13.1 Å². The van der Waals surface area contributed by atoms with E-state index in [-0.39, 0.29) is 11.6 Å². The van der Waals surface area contributed by atoms with Crippen LogP contribution in [-0.4, -0.2) is 23.5 Å². The summed E-state index contributed by atoms with van der Waals surface area (Å²) in [7, 11) is 0. The number of nitrogens with one attached hydrogen (secondary N) is 1. The van der Waals surface area contributed by atoms with Gasteiger partial charge in [0.15, 0.2) is 0 Å². The van der Waals surface area contributed by atoms with Crippen molar-refractivity contribution in [3.8, 4) is 0 Å². The molecule has 1 aromatic carbocycles. The number of nitrogens with two attached hydrogens (primary N) is 1. The molecule has 0 saturated carbocycles. The van der Waals surface area contributed by atoms with Crippen molar-refractivity contribution in [3.63, 3.8) is 0 Å². The Morgan fingerprint density at radius 1 is 1.00 bits per heavy atom. The van der Waals surface area contributed by atoms with Gasteiger partial charge >= 0.3 is 0 Å². The summed E-state index contributed by atoms with van der Waals surface area (Å²) in [5, 5.41) is 0. The fourth-order valence-electron chi connectivity index (χ4n) is 3.65. The number of rotatable bonds is 9. The van der Waals surface area contributed by atoms with Crippen molar-refractivity contribution in [1.82, 2.24) is 10.3 Å². The first kappa shape index (κ1) is 18.1. The Kier molecular flexibility index (Phi) is 7.36. The average molecular weight is 291 g/mol. The average Bonchev–Trinajstić information content (AvgIpc) is 2.55. The maximum Gasteiger partial charge on any atom is 0.0643 e. The van der Waals surface area contributed by atoms with Crippen LogP contribution in [0.5, 0.6) is 0 Å². The van der Waals surface area contributed by atoms with Crippen LogP contribution in [0, 0.1) is 0 Å². The zero-order valence-electron chi connectivity index (χ0n) is 14.4. The Balaban J connectivity index is 3.22. The molecule has 0 heterocycles. The molecule has 3 N–H and O–H groups in total. The number of hydrogen-bond donors (Lipinski definition) is 2. The molecule has 0 radical (unpaired) electrons. The lowest BCUT2D eigenvalue weighted by atomic mass is 9.79. The summed E-state index contributed by atoms with van der Waals surface area (Å²) >= 11 is 0. The molecule has 1 unspecified atom stereocenters. The van der Waals surface area contributed by atoms with E-state index in [4.69, 9.17) is 5.84 Å². The highest BCUT2D eigenvalue weighted by Crippen LogP contribution is 2.37. The number of hydrogen-bond acceptors (Lipinski definition) is 3. The highest BCUT2D eigenvalue weighted by Gasteiger charge is 2.40. The maximum absolute atomic E-state index is 5.98. The van der Waals surface area contributed by atoms with Crippen LogP contribution < -0.4 is 11.3 Å². The van der Waals surface area contributed by atoms with Crippen LogP contribution in [-0.2, 0) is 6.42 Å². The van der Waals surface area contributed by atoms with E-state index in [0.29, 0.717) is 0 Å². The molecule has 120 valence electrons. The largest absolute Gasteiger partial charge is 0.296 e. The fraction of sp³-hybridized carbons (Fsp3) is 0.667. The van der Waals surface area contributed by atoms with Crippen molar-refractivity contribution >= 4 is 0 Å². The zero-order valence-corrected chi connectivity index (χ0v) is 14.4. The molecule has 0 aromatic heterocycles. The predicted octanol–water partition coefficient (Wildman–Crippen LogP) is 3.65. The lowest BCUT2D eigenvalue weighted by Gasteiger charge is -2.48. The molecule has 3 nitrogen and oxygen atoms in total. The first-order valence-electron chi connectivity index (χ1n) is 8.43. The number of aryl methyl sites for hydroxylation is 1. The van der Waals surface area contributed by atoms with Crippen molar-refractivity contribution in [1.29, 1.82) is 0 Å². The van der Waals surface area contributed by atoms with Gasteiger partial charge in [-0.25, -0.2) is 0 Å². The Morgan fingerprint density at radius 2 is 1.52 bits per heavy atom. The molecule has 0 aliphatic carbocycles. The summed E-state index contributed by atoms with van der Waals surface area (Å²) in [6, 6.07) is 9.05. The van der Waals surface area contributed by atoms with Gasteiger partial charge < -0.3 is 0 Å². The van der Waals surface area contributed by atoms with Gasteiger partial charge in [0.1, 0.15) is 0 Å². The minimum absolute atomic E-state index is 0.0615. The van der Waals surface area contributed by atoms with E-state index in [1.54, 1.807) is 0 Å². The highest BCUT2D eigenvalue weighted by atomic mass is 15.3. The summed E-state index contributed by atoms with van der Waals surface area (Å²) < 4.78 is 0. The van der Waals surface area contributed by atoms with E-state index >= 15 is 0 Å². The molecule has 0 aliphatic rings. The van der Waals surface area contributed by atoms with Crippen molar-refractivity contribution in [3.05, 3.63) is 35.4 Å². The molecule has 0 aliphatic heterocycles. The van der Waals surface area contributed by atoms with Crippen LogP contribution in [0.25, 0.3) is 0 Å². The van der Waals surface area contributed by atoms with Crippen LogP contribution >= 0.6 is 0 Å². The number of likely N-dealkylation sites (N-methyl/N-ethyl adjacent to an activating group) is 1. The van der Waals surface area contributed by atoms with Gasteiger partial charge in [0.05, 0.1) is 6.04 Å². The maximum atomic E-state index is 5.98. The van der Waals surface area contributed by atoms with Gasteiger partial charge in [0.2, 0.25) is 0 Å². The second-order valence-electron chi connectivity index (χ2n) is 5.68. The molecule has 0 bridgehead atoms. The van der Waals surface area contributed by atoms with Gasteiger partial charge in [0.25, 0.3) is 0 Å². The van der Waals surface area contributed by atoms with Gasteiger partial charge in [-0.05, 0) is 43.5 Å². The molecule has 0 amide bonds. The predicted molar refractivity (Wildman–Crippen MR) is 92.1 cm³/mol. The third-order valence-corrected chi connectivity index (χ3v) is 5.04. The first-order valence-corrected chi connectivity index (χ1v) is 8.43. The molecule has 0 fully saturated rings. The fourth-order valence-corrected chi connectivity index (χ4v) is 3.65. The van der Waals surface area contributed by atoms with Crippen LogP contribution in [0.4, 0.5) is 0 Å². The molecule has 0 saturated heterocycles. The Hall–Kier alpha value is -0.900. The Bertz CT molecular complexity index is 391. The van der Waals surface area contributed by atoms with Crippen LogP contribution in [0.15, 0.2) is 24.3 Å². The third-order valence-electron chi connectivity index (χ3n) is 5.04. The van der Waals surface area contributed by atoms with E-state index in [9.17, 15) is 0 Å². The summed E-state index contributed by atoms with van der Waals surface area (Å²) in [5.74, 6) is 5.98. The van der Waals surface area contributed by atoms with Crippen LogP contribution in [0.2, 0.25) is 0 Å². The Morgan fingerprint density at radius 3 is 1.86 bits per heavy atom. The van der Waals surface area contributed by atoms with E-state index < -0.39 is 0 Å². The molecule has 1 aromatic rings. The molecule has 21 heavy (non-hydrogen) atoms. The van der Waals surface area contributed by atoms with Gasteiger partial charge in [-0.1, -0.05) is 58.9 Å². The molecule has 3 heteroatoms. The second kappa shape index (κ2) is 8.52. The van der Waals surface area contributed by atoms with Crippen molar-refractivity contribution in [2.45, 2.75) is 65.5 Å². The highest BCUT2D eigenvalue weighted by molar-refractivity contribution is 5.28. The standard InChI is InChI=1S/C18H33N3/c1-6-15-11-13-16(14-12-15)17(20-19)18(7-2,8-3)21(9-4)10-5/h11-14,17,20H,6-10,19H2,1-5H3. The Labute approximate surface area is 130 Å². The SMILES string of the molecule is CCc1ccc(C(NN)C(CC)(CC)N(CC)CC)cc1. The summed E-state index contributed by atoms with van der Waals surface area (Å²) in [6.07, 6.45) is 3.23. The summed E-state index contributed by atoms with van der Waals surface area (Å²) in [5.41, 5.74) is 5.82. The summed E-state index contributed by atoms with van der Waals surface area (Å²) in [4.78, 5) is 2.55. The zero-order chi connectivity index (χ0) is 15.9. The van der Waals surface area contributed by atoms with E-state index in [1.165, 1.54) is 11.1 Å². The molecule has 0 spiro atoms. The first-order chi connectivity index (χ1) is 10.1. The normalized spacial score (nSPS) is 13.7. The third kappa shape index (κ3) is 3.65. The van der Waals surface area contributed by atoms with Gasteiger partial charge in [-0.15, -0.1) is 0 Å². The van der Waals surface area contributed by atoms with Crippen LogP contribution in [0.1, 0.15) is 64.6 Å². The van der Waals surface area contributed by atoms with E-state index in [1.807, 2.05) is 0 Å². The number of benzene rings is 1. The minimum Gasteiger partial charge on any atom is -0.296 e. The molecule has 1 rings (SSSR count). The lowest BCUT2D eigenvalue weighted by molar-refractivity contribution is 0.0487. The number of hydrazine groups is 1. The monoisotopic (exact) mass is 291 g/mol. The minimum atomic E-state index is 0.0615. The smallest absolute Gasteiger partial charge is 0.0643 e.